The molecule has 0 aromatic rings. The summed E-state index contributed by atoms with van der Waals surface area (Å²) in [4.78, 5) is 11.6. The predicted octanol–water partition coefficient (Wildman–Crippen LogP) is 2.05. The highest BCUT2D eigenvalue weighted by atomic mass is 16.6. The van der Waals surface area contributed by atoms with E-state index in [1.165, 1.54) is 0 Å². The Balaban J connectivity index is 2.17. The van der Waals surface area contributed by atoms with Crippen molar-refractivity contribution in [2.75, 3.05) is 19.8 Å². The Morgan fingerprint density at radius 2 is 1.89 bits per heavy atom. The molecule has 0 heterocycles. The lowest BCUT2D eigenvalue weighted by molar-refractivity contribution is 0.0466. The number of nitrogens with one attached hydrogen (secondary N) is 1. The first-order valence-electron chi connectivity index (χ1n) is 7.18. The number of rotatable bonds is 5. The maximum absolute atomic E-state index is 11.6. The summed E-state index contributed by atoms with van der Waals surface area (Å²) in [6, 6.07) is 0.237. The third kappa shape index (κ3) is 7.38. The molecule has 112 valence electrons. The summed E-state index contributed by atoms with van der Waals surface area (Å²) in [5.41, 5.74) is 4.95. The van der Waals surface area contributed by atoms with Gasteiger partial charge in [-0.2, -0.15) is 0 Å². The number of alkyl carbamates (subject to hydrolysis) is 1. The lowest BCUT2D eigenvalue weighted by atomic mass is 9.86. The van der Waals surface area contributed by atoms with Crippen LogP contribution >= 0.6 is 0 Å². The van der Waals surface area contributed by atoms with Crippen molar-refractivity contribution < 1.29 is 14.3 Å². The molecule has 0 aromatic heterocycles. The second-order valence-corrected chi connectivity index (χ2v) is 6.23. The molecule has 1 aliphatic rings. The molecule has 3 N–H and O–H groups in total. The van der Waals surface area contributed by atoms with E-state index in [-0.39, 0.29) is 12.1 Å². The largest absolute Gasteiger partial charge is 0.444 e. The Hall–Kier alpha value is -0.810. The van der Waals surface area contributed by atoms with E-state index in [1.807, 2.05) is 20.8 Å². The zero-order valence-electron chi connectivity index (χ0n) is 12.4. The molecule has 19 heavy (non-hydrogen) atoms. The van der Waals surface area contributed by atoms with E-state index in [2.05, 4.69) is 5.32 Å². The minimum Gasteiger partial charge on any atom is -0.444 e. The number of carbonyl (C=O) groups excluding carboxylic acids is 1. The van der Waals surface area contributed by atoms with Crippen LogP contribution in [-0.4, -0.2) is 37.5 Å². The van der Waals surface area contributed by atoms with Crippen molar-refractivity contribution in [1.29, 1.82) is 0 Å². The lowest BCUT2D eigenvalue weighted by Gasteiger charge is -2.29. The molecule has 0 radical (unpaired) electrons. The molecule has 0 spiro atoms. The minimum absolute atomic E-state index is 0.237. The highest BCUT2D eigenvalue weighted by Crippen LogP contribution is 2.24. The first kappa shape index (κ1) is 16.2. The summed E-state index contributed by atoms with van der Waals surface area (Å²) < 4.78 is 10.7. The van der Waals surface area contributed by atoms with Crippen molar-refractivity contribution in [3.8, 4) is 0 Å². The van der Waals surface area contributed by atoms with Gasteiger partial charge in [0.15, 0.2) is 0 Å². The monoisotopic (exact) mass is 272 g/mol. The molecule has 0 atom stereocenters. The minimum atomic E-state index is -0.433. The number of carbonyl (C=O) groups is 1. The SMILES string of the molecule is CC(C)(C)OC(=O)NC1CCC(COCCN)CC1. The van der Waals surface area contributed by atoms with Gasteiger partial charge < -0.3 is 20.5 Å². The van der Waals surface area contributed by atoms with Crippen LogP contribution in [0.1, 0.15) is 46.5 Å². The van der Waals surface area contributed by atoms with Gasteiger partial charge in [-0.05, 0) is 52.4 Å². The van der Waals surface area contributed by atoms with E-state index in [0.717, 1.165) is 32.3 Å². The molecule has 0 aliphatic heterocycles. The van der Waals surface area contributed by atoms with Crippen LogP contribution in [0.4, 0.5) is 4.79 Å². The Labute approximate surface area is 116 Å². The lowest BCUT2D eigenvalue weighted by Crippen LogP contribution is -2.41. The van der Waals surface area contributed by atoms with Gasteiger partial charge in [-0.15, -0.1) is 0 Å². The normalized spacial score (nSPS) is 24.0. The van der Waals surface area contributed by atoms with Crippen molar-refractivity contribution in [3.63, 3.8) is 0 Å². The molecule has 1 amide bonds. The average Bonchev–Trinajstić information content (AvgIpc) is 2.29. The van der Waals surface area contributed by atoms with Crippen LogP contribution in [0.3, 0.4) is 0 Å². The number of hydrogen-bond acceptors (Lipinski definition) is 4. The van der Waals surface area contributed by atoms with Gasteiger partial charge in [0, 0.05) is 19.2 Å². The van der Waals surface area contributed by atoms with E-state index in [4.69, 9.17) is 15.2 Å². The molecule has 5 heteroatoms. The van der Waals surface area contributed by atoms with Crippen LogP contribution < -0.4 is 11.1 Å². The van der Waals surface area contributed by atoms with Crippen molar-refractivity contribution in [3.05, 3.63) is 0 Å². The van der Waals surface area contributed by atoms with Crippen LogP contribution in [0, 0.1) is 5.92 Å². The molecule has 5 nitrogen and oxygen atoms in total. The van der Waals surface area contributed by atoms with Crippen LogP contribution in [0.2, 0.25) is 0 Å². The second-order valence-electron chi connectivity index (χ2n) is 6.23. The Morgan fingerprint density at radius 1 is 1.26 bits per heavy atom. The first-order valence-corrected chi connectivity index (χ1v) is 7.18. The molecule has 1 fully saturated rings. The van der Waals surface area contributed by atoms with Crippen molar-refractivity contribution >= 4 is 6.09 Å². The van der Waals surface area contributed by atoms with Gasteiger partial charge in [-0.25, -0.2) is 4.79 Å². The summed E-state index contributed by atoms with van der Waals surface area (Å²) in [5.74, 6) is 0.600. The quantitative estimate of drug-likeness (QED) is 0.751. The molecular weight excluding hydrogens is 244 g/mol. The number of amides is 1. The molecule has 0 aromatic carbocycles. The highest BCUT2D eigenvalue weighted by molar-refractivity contribution is 5.68. The fourth-order valence-corrected chi connectivity index (χ4v) is 2.28. The zero-order chi connectivity index (χ0) is 14.3. The summed E-state index contributed by atoms with van der Waals surface area (Å²) in [5, 5.41) is 2.94. The fraction of sp³-hybridized carbons (Fsp3) is 0.929. The second kappa shape index (κ2) is 7.70. The number of ether oxygens (including phenoxy) is 2. The van der Waals surface area contributed by atoms with Gasteiger partial charge in [0.05, 0.1) is 6.61 Å². The van der Waals surface area contributed by atoms with Crippen LogP contribution in [0.15, 0.2) is 0 Å². The molecule has 1 aliphatic carbocycles. The third-order valence-corrected chi connectivity index (χ3v) is 3.18. The Kier molecular flexibility index (Phi) is 6.58. The van der Waals surface area contributed by atoms with Gasteiger partial charge in [0.25, 0.3) is 0 Å². The van der Waals surface area contributed by atoms with Crippen LogP contribution in [0.25, 0.3) is 0 Å². The molecule has 0 bridgehead atoms. The maximum atomic E-state index is 11.6. The average molecular weight is 272 g/mol. The van der Waals surface area contributed by atoms with Gasteiger partial charge in [0.2, 0.25) is 0 Å². The summed E-state index contributed by atoms with van der Waals surface area (Å²) in [6.07, 6.45) is 3.86. The zero-order valence-corrected chi connectivity index (χ0v) is 12.4. The molecule has 1 rings (SSSR count). The number of nitrogens with two attached hydrogens (primary N) is 1. The highest BCUT2D eigenvalue weighted by Gasteiger charge is 2.24. The van der Waals surface area contributed by atoms with Crippen molar-refractivity contribution in [2.45, 2.75) is 58.1 Å². The van der Waals surface area contributed by atoms with Crippen LogP contribution in [0.5, 0.6) is 0 Å². The standard InChI is InChI=1S/C14H28N2O3/c1-14(2,3)19-13(17)16-12-6-4-11(5-7-12)10-18-9-8-15/h11-12H,4-10,15H2,1-3H3,(H,16,17). The van der Waals surface area contributed by atoms with E-state index >= 15 is 0 Å². The smallest absolute Gasteiger partial charge is 0.407 e. The van der Waals surface area contributed by atoms with E-state index in [0.29, 0.717) is 19.1 Å². The molecule has 0 unspecified atom stereocenters. The topological polar surface area (TPSA) is 73.6 Å². The number of hydrogen-bond donors (Lipinski definition) is 2. The maximum Gasteiger partial charge on any atom is 0.407 e. The van der Waals surface area contributed by atoms with Crippen molar-refractivity contribution in [2.24, 2.45) is 11.7 Å². The predicted molar refractivity (Wildman–Crippen MR) is 75.0 cm³/mol. The van der Waals surface area contributed by atoms with E-state index in [1.54, 1.807) is 0 Å². The molecule has 1 saturated carbocycles. The van der Waals surface area contributed by atoms with Gasteiger partial charge in [-0.3, -0.25) is 0 Å². The first-order chi connectivity index (χ1) is 8.90. The van der Waals surface area contributed by atoms with Gasteiger partial charge in [-0.1, -0.05) is 0 Å². The Bertz CT molecular complexity index is 268. The van der Waals surface area contributed by atoms with E-state index in [9.17, 15) is 4.79 Å². The van der Waals surface area contributed by atoms with Gasteiger partial charge in [0.1, 0.15) is 5.60 Å². The fourth-order valence-electron chi connectivity index (χ4n) is 2.28. The summed E-state index contributed by atoms with van der Waals surface area (Å²) >= 11 is 0. The molecular formula is C14H28N2O3. The Morgan fingerprint density at radius 3 is 2.42 bits per heavy atom. The summed E-state index contributed by atoms with van der Waals surface area (Å²) in [6.45, 7) is 7.62. The molecule has 0 saturated heterocycles. The van der Waals surface area contributed by atoms with E-state index < -0.39 is 5.60 Å². The van der Waals surface area contributed by atoms with Crippen LogP contribution in [-0.2, 0) is 9.47 Å². The van der Waals surface area contributed by atoms with Crippen molar-refractivity contribution in [1.82, 2.24) is 5.32 Å². The van der Waals surface area contributed by atoms with Gasteiger partial charge >= 0.3 is 6.09 Å². The summed E-state index contributed by atoms with van der Waals surface area (Å²) in [7, 11) is 0. The third-order valence-electron chi connectivity index (χ3n) is 3.18.